The lowest BCUT2D eigenvalue weighted by Crippen LogP contribution is -2.32. The molecule has 0 radical (unpaired) electrons. The van der Waals surface area contributed by atoms with Crippen LogP contribution in [0, 0.1) is 13.8 Å². The molecule has 6 heteroatoms. The number of nitrogens with one attached hydrogen (secondary N) is 3. The molecule has 0 aliphatic carbocycles. The van der Waals surface area contributed by atoms with Gasteiger partial charge in [-0.15, -0.1) is 0 Å². The van der Waals surface area contributed by atoms with Crippen LogP contribution in [0.2, 0.25) is 0 Å². The van der Waals surface area contributed by atoms with Crippen LogP contribution in [0.15, 0.2) is 36.4 Å². The maximum atomic E-state index is 12.8. The van der Waals surface area contributed by atoms with Crippen LogP contribution in [0.5, 0.6) is 0 Å². The van der Waals surface area contributed by atoms with E-state index in [1.165, 1.54) is 0 Å². The topological polar surface area (TPSA) is 73.5 Å². The Morgan fingerprint density at radius 3 is 2.41 bits per heavy atom. The first-order chi connectivity index (χ1) is 13.8. The van der Waals surface area contributed by atoms with Crippen molar-refractivity contribution in [1.29, 1.82) is 0 Å². The van der Waals surface area contributed by atoms with Gasteiger partial charge in [-0.3, -0.25) is 4.79 Å². The lowest BCUT2D eigenvalue weighted by Gasteiger charge is -2.22. The van der Waals surface area contributed by atoms with Crippen molar-refractivity contribution in [2.75, 3.05) is 28.6 Å². The molecule has 3 N–H and O–H groups in total. The van der Waals surface area contributed by atoms with Crippen molar-refractivity contribution in [3.63, 3.8) is 0 Å². The maximum absolute atomic E-state index is 12.8. The van der Waals surface area contributed by atoms with Gasteiger partial charge in [0.2, 0.25) is 0 Å². The van der Waals surface area contributed by atoms with Gasteiger partial charge in [0.25, 0.3) is 5.91 Å². The summed E-state index contributed by atoms with van der Waals surface area (Å²) in [6.07, 6.45) is 2.26. The molecular weight excluding hydrogens is 364 g/mol. The molecule has 1 aliphatic rings. The number of urea groups is 1. The summed E-state index contributed by atoms with van der Waals surface area (Å²) >= 11 is 0. The molecule has 1 aliphatic heterocycles. The van der Waals surface area contributed by atoms with Crippen LogP contribution in [0.25, 0.3) is 0 Å². The van der Waals surface area contributed by atoms with Crippen LogP contribution in [-0.2, 0) is 0 Å². The standard InChI is InChI=1S/C23H30N4O2/c1-15(2)24-22(28)19-14-18(10-11-21(19)27-12-5-6-13-27)25-23(29)26-20-9-7-8-16(3)17(20)4/h7-11,14-15H,5-6,12-13H2,1-4H3,(H,24,28)(H2,25,26,29). The highest BCUT2D eigenvalue weighted by molar-refractivity contribution is 6.04. The Hall–Kier alpha value is -3.02. The summed E-state index contributed by atoms with van der Waals surface area (Å²) in [5.74, 6) is -0.125. The molecule has 3 rings (SSSR count). The van der Waals surface area contributed by atoms with Gasteiger partial charge in [0.1, 0.15) is 0 Å². The zero-order valence-corrected chi connectivity index (χ0v) is 17.6. The largest absolute Gasteiger partial charge is 0.371 e. The van der Waals surface area contributed by atoms with Gasteiger partial charge in [-0.05, 0) is 75.9 Å². The van der Waals surface area contributed by atoms with E-state index in [4.69, 9.17) is 0 Å². The third-order valence-corrected chi connectivity index (χ3v) is 5.22. The van der Waals surface area contributed by atoms with E-state index in [1.54, 1.807) is 6.07 Å². The summed E-state index contributed by atoms with van der Waals surface area (Å²) in [5.41, 5.74) is 5.01. The number of anilines is 3. The van der Waals surface area contributed by atoms with Crippen molar-refractivity contribution in [2.45, 2.75) is 46.6 Å². The van der Waals surface area contributed by atoms with Crippen LogP contribution in [0.4, 0.5) is 21.9 Å². The molecule has 0 saturated carbocycles. The summed E-state index contributed by atoms with van der Waals surface area (Å²) in [7, 11) is 0. The van der Waals surface area contributed by atoms with Gasteiger partial charge in [0.05, 0.1) is 5.56 Å². The van der Waals surface area contributed by atoms with Crippen molar-refractivity contribution in [1.82, 2.24) is 5.32 Å². The third-order valence-electron chi connectivity index (χ3n) is 5.22. The molecule has 0 bridgehead atoms. The summed E-state index contributed by atoms with van der Waals surface area (Å²) < 4.78 is 0. The van der Waals surface area contributed by atoms with E-state index >= 15 is 0 Å². The Morgan fingerprint density at radius 1 is 1.00 bits per heavy atom. The average molecular weight is 395 g/mol. The van der Waals surface area contributed by atoms with Crippen LogP contribution in [0.3, 0.4) is 0 Å². The van der Waals surface area contributed by atoms with Gasteiger partial charge in [-0.2, -0.15) is 0 Å². The fraction of sp³-hybridized carbons (Fsp3) is 0.391. The van der Waals surface area contributed by atoms with Crippen molar-refractivity contribution in [2.24, 2.45) is 0 Å². The molecule has 1 heterocycles. The smallest absolute Gasteiger partial charge is 0.323 e. The van der Waals surface area contributed by atoms with Crippen LogP contribution >= 0.6 is 0 Å². The molecule has 1 fully saturated rings. The molecule has 3 amide bonds. The van der Waals surface area contributed by atoms with Gasteiger partial charge in [0.15, 0.2) is 0 Å². The number of aryl methyl sites for hydroxylation is 1. The molecule has 0 unspecified atom stereocenters. The second-order valence-corrected chi connectivity index (χ2v) is 7.88. The van der Waals surface area contributed by atoms with Crippen molar-refractivity contribution < 1.29 is 9.59 Å². The Labute approximate surface area is 172 Å². The number of carbonyl (C=O) groups is 2. The predicted molar refractivity (Wildman–Crippen MR) is 119 cm³/mol. The van der Waals surface area contributed by atoms with Gasteiger partial charge in [-0.25, -0.2) is 4.79 Å². The van der Waals surface area contributed by atoms with Crippen molar-refractivity contribution in [3.05, 3.63) is 53.1 Å². The van der Waals surface area contributed by atoms with Gasteiger partial charge < -0.3 is 20.9 Å². The molecule has 6 nitrogen and oxygen atoms in total. The highest BCUT2D eigenvalue weighted by Gasteiger charge is 2.21. The van der Waals surface area contributed by atoms with Crippen molar-refractivity contribution >= 4 is 29.0 Å². The zero-order valence-electron chi connectivity index (χ0n) is 17.6. The minimum absolute atomic E-state index is 0.0399. The molecule has 29 heavy (non-hydrogen) atoms. The molecule has 2 aromatic rings. The highest BCUT2D eigenvalue weighted by Crippen LogP contribution is 2.28. The van der Waals surface area contributed by atoms with Gasteiger partial charge in [-0.1, -0.05) is 12.1 Å². The first kappa shape index (κ1) is 20.7. The normalized spacial score (nSPS) is 13.5. The second kappa shape index (κ2) is 8.99. The second-order valence-electron chi connectivity index (χ2n) is 7.88. The van der Waals surface area contributed by atoms with Gasteiger partial charge in [0, 0.05) is 36.2 Å². The predicted octanol–water partition coefficient (Wildman–Crippen LogP) is 4.69. The average Bonchev–Trinajstić information content (AvgIpc) is 3.19. The third kappa shape index (κ3) is 5.08. The zero-order chi connectivity index (χ0) is 21.0. The van der Waals surface area contributed by atoms with Crippen LogP contribution in [-0.4, -0.2) is 31.1 Å². The number of rotatable bonds is 5. The van der Waals surface area contributed by atoms with E-state index < -0.39 is 0 Å². The Morgan fingerprint density at radius 2 is 1.72 bits per heavy atom. The summed E-state index contributed by atoms with van der Waals surface area (Å²) in [4.78, 5) is 27.5. The summed E-state index contributed by atoms with van der Waals surface area (Å²) in [6, 6.07) is 11.0. The van der Waals surface area contributed by atoms with E-state index in [0.29, 0.717) is 11.3 Å². The lowest BCUT2D eigenvalue weighted by atomic mass is 10.1. The Balaban J connectivity index is 1.80. The van der Waals surface area contributed by atoms with E-state index in [1.807, 2.05) is 58.0 Å². The number of carbonyl (C=O) groups excluding carboxylic acids is 2. The molecular formula is C23H30N4O2. The quantitative estimate of drug-likeness (QED) is 0.689. The number of amides is 3. The summed E-state index contributed by atoms with van der Waals surface area (Å²) in [5, 5.41) is 8.71. The van der Waals surface area contributed by atoms with Crippen LogP contribution < -0.4 is 20.9 Å². The Bertz CT molecular complexity index is 902. The molecule has 154 valence electrons. The monoisotopic (exact) mass is 394 g/mol. The van der Waals surface area contributed by atoms with Gasteiger partial charge >= 0.3 is 6.03 Å². The maximum Gasteiger partial charge on any atom is 0.323 e. The Kier molecular flexibility index (Phi) is 6.42. The molecule has 2 aromatic carbocycles. The fourth-order valence-corrected chi connectivity index (χ4v) is 3.54. The number of hydrogen-bond acceptors (Lipinski definition) is 3. The van der Waals surface area contributed by atoms with E-state index in [9.17, 15) is 9.59 Å². The van der Waals surface area contributed by atoms with E-state index in [0.717, 1.165) is 48.4 Å². The van der Waals surface area contributed by atoms with Crippen molar-refractivity contribution in [3.8, 4) is 0 Å². The van der Waals surface area contributed by atoms with E-state index in [-0.39, 0.29) is 18.0 Å². The van der Waals surface area contributed by atoms with Crippen LogP contribution in [0.1, 0.15) is 48.2 Å². The summed E-state index contributed by atoms with van der Waals surface area (Å²) in [6.45, 7) is 9.75. The molecule has 1 saturated heterocycles. The highest BCUT2D eigenvalue weighted by atomic mass is 16.2. The number of benzene rings is 2. The first-order valence-corrected chi connectivity index (χ1v) is 10.2. The lowest BCUT2D eigenvalue weighted by molar-refractivity contribution is 0.0943. The van der Waals surface area contributed by atoms with E-state index in [2.05, 4.69) is 20.9 Å². The fourth-order valence-electron chi connectivity index (χ4n) is 3.54. The number of hydrogen-bond donors (Lipinski definition) is 3. The first-order valence-electron chi connectivity index (χ1n) is 10.2. The minimum atomic E-state index is -0.331. The number of nitrogens with zero attached hydrogens (tertiary/aromatic N) is 1. The minimum Gasteiger partial charge on any atom is -0.371 e. The molecule has 0 spiro atoms. The SMILES string of the molecule is Cc1cccc(NC(=O)Nc2ccc(N3CCCC3)c(C(=O)NC(C)C)c2)c1C. The molecule has 0 atom stereocenters. The molecule has 0 aromatic heterocycles.